The molecule has 1 heterocycles. The monoisotopic (exact) mass is 592 g/mol. The number of carbonyl (C=O) groups is 1. The molecule has 0 aliphatic rings. The van der Waals surface area contributed by atoms with Gasteiger partial charge in [0.2, 0.25) is 0 Å². The molecule has 41 heavy (non-hydrogen) atoms. The third-order valence-corrected chi connectivity index (χ3v) is 9.16. The van der Waals surface area contributed by atoms with E-state index in [0.29, 0.717) is 32.0 Å². The van der Waals surface area contributed by atoms with Gasteiger partial charge in [0.1, 0.15) is 5.75 Å². The Morgan fingerprint density at radius 2 is 1.68 bits per heavy atom. The van der Waals surface area contributed by atoms with Crippen LogP contribution in [-0.2, 0) is 27.7 Å². The van der Waals surface area contributed by atoms with E-state index in [4.69, 9.17) is 4.74 Å². The van der Waals surface area contributed by atoms with Crippen LogP contribution in [0.1, 0.15) is 30.2 Å². The number of carboxylic acids is 1. The minimum absolute atomic E-state index is 0.0193. The second-order valence-electron chi connectivity index (χ2n) is 9.82. The number of unbranched alkanes of at least 4 members (excludes halogenated alkanes) is 1. The highest BCUT2D eigenvalue weighted by molar-refractivity contribution is 7.91. The first-order valence-corrected chi connectivity index (χ1v) is 16.2. The van der Waals surface area contributed by atoms with Crippen molar-refractivity contribution in [2.45, 2.75) is 37.8 Å². The first-order chi connectivity index (χ1) is 19.8. The first-order valence-electron chi connectivity index (χ1n) is 13.7. The van der Waals surface area contributed by atoms with Crippen molar-refractivity contribution in [1.82, 2.24) is 4.90 Å². The lowest BCUT2D eigenvalue weighted by Gasteiger charge is -2.19. The molecule has 0 unspecified atom stereocenters. The van der Waals surface area contributed by atoms with Gasteiger partial charge in [-0.15, -0.1) is 11.3 Å². The van der Waals surface area contributed by atoms with Gasteiger partial charge < -0.3 is 15.2 Å². The van der Waals surface area contributed by atoms with Crippen LogP contribution in [0, 0.1) is 0 Å². The van der Waals surface area contributed by atoms with Gasteiger partial charge >= 0.3 is 5.97 Å². The van der Waals surface area contributed by atoms with Crippen molar-refractivity contribution in [3.63, 3.8) is 0 Å². The molecule has 9 heteroatoms. The molecule has 0 radical (unpaired) electrons. The Morgan fingerprint density at radius 3 is 2.37 bits per heavy atom. The standard InChI is InChI=1S/C32H36N2O5S2/c1-2-3-18-39-29-13-15-31(16-14-29)41(37,38)19-17-33-28-11-9-26(10-12-28)27-20-30(40-24-27)22-34(23-32(35)36)21-25-7-5-4-6-8-25/h4-16,20,24,33H,2-3,17-19,21-23H2,1H3,(H,35,36). The summed E-state index contributed by atoms with van der Waals surface area (Å²) in [6, 6.07) is 26.4. The minimum Gasteiger partial charge on any atom is -0.494 e. The van der Waals surface area contributed by atoms with Crippen LogP contribution in [0.25, 0.3) is 11.1 Å². The number of thiophene rings is 1. The number of hydrogen-bond donors (Lipinski definition) is 2. The molecule has 4 aromatic rings. The van der Waals surface area contributed by atoms with E-state index in [1.54, 1.807) is 35.6 Å². The third kappa shape index (κ3) is 9.45. The Balaban J connectivity index is 1.29. The highest BCUT2D eigenvalue weighted by Crippen LogP contribution is 2.28. The van der Waals surface area contributed by atoms with Gasteiger partial charge in [0, 0.05) is 30.2 Å². The van der Waals surface area contributed by atoms with E-state index in [-0.39, 0.29) is 17.2 Å². The van der Waals surface area contributed by atoms with Crippen LogP contribution in [0.3, 0.4) is 0 Å². The molecule has 0 aliphatic carbocycles. The van der Waals surface area contributed by atoms with Gasteiger partial charge in [-0.3, -0.25) is 9.69 Å². The smallest absolute Gasteiger partial charge is 0.317 e. The average molecular weight is 593 g/mol. The summed E-state index contributed by atoms with van der Waals surface area (Å²) >= 11 is 1.61. The molecule has 0 fully saturated rings. The molecule has 0 saturated carbocycles. The largest absolute Gasteiger partial charge is 0.494 e. The molecular formula is C32H36N2O5S2. The Hall–Kier alpha value is -3.66. The lowest BCUT2D eigenvalue weighted by Crippen LogP contribution is -2.28. The van der Waals surface area contributed by atoms with Crippen LogP contribution >= 0.6 is 11.3 Å². The van der Waals surface area contributed by atoms with Crippen LogP contribution in [0.2, 0.25) is 0 Å². The summed E-state index contributed by atoms with van der Waals surface area (Å²) in [6.07, 6.45) is 2.01. The normalized spacial score (nSPS) is 11.5. The van der Waals surface area contributed by atoms with Crippen molar-refractivity contribution in [2.75, 3.05) is 30.8 Å². The Bertz CT molecular complexity index is 1490. The molecule has 4 rings (SSSR count). The van der Waals surface area contributed by atoms with Gasteiger partial charge in [0.05, 0.1) is 23.8 Å². The highest BCUT2D eigenvalue weighted by Gasteiger charge is 2.15. The Kier molecular flexibility index (Phi) is 11.0. The third-order valence-electron chi connectivity index (χ3n) is 6.51. The maximum absolute atomic E-state index is 12.8. The van der Waals surface area contributed by atoms with E-state index in [1.807, 2.05) is 59.5 Å². The maximum Gasteiger partial charge on any atom is 0.317 e. The summed E-state index contributed by atoms with van der Waals surface area (Å²) in [4.78, 5) is 14.7. The van der Waals surface area contributed by atoms with Crippen LogP contribution in [0.5, 0.6) is 5.75 Å². The Labute approximate surface area is 246 Å². The molecule has 2 N–H and O–H groups in total. The molecule has 216 valence electrons. The number of hydrogen-bond acceptors (Lipinski definition) is 7. The van der Waals surface area contributed by atoms with Crippen molar-refractivity contribution < 1.29 is 23.1 Å². The fourth-order valence-electron chi connectivity index (χ4n) is 4.34. The summed E-state index contributed by atoms with van der Waals surface area (Å²) < 4.78 is 31.1. The van der Waals surface area contributed by atoms with Gasteiger partial charge in [-0.05, 0) is 71.0 Å². The van der Waals surface area contributed by atoms with Crippen molar-refractivity contribution >= 4 is 32.8 Å². The number of benzene rings is 3. The number of anilines is 1. The summed E-state index contributed by atoms with van der Waals surface area (Å²) in [5, 5.41) is 14.7. The second kappa shape index (κ2) is 14.8. The van der Waals surface area contributed by atoms with Gasteiger partial charge in [0.25, 0.3) is 0 Å². The number of nitrogens with zero attached hydrogens (tertiary/aromatic N) is 1. The summed E-state index contributed by atoms with van der Waals surface area (Å²) in [5.41, 5.74) is 4.03. The van der Waals surface area contributed by atoms with Crippen molar-refractivity contribution in [1.29, 1.82) is 0 Å². The molecular weight excluding hydrogens is 556 g/mol. The predicted molar refractivity (Wildman–Crippen MR) is 165 cm³/mol. The van der Waals surface area contributed by atoms with Gasteiger partial charge in [-0.1, -0.05) is 55.8 Å². The second-order valence-corrected chi connectivity index (χ2v) is 12.9. The molecule has 0 spiro atoms. The number of rotatable bonds is 16. The molecule has 0 atom stereocenters. The number of sulfone groups is 1. The molecule has 0 bridgehead atoms. The van der Waals surface area contributed by atoms with Crippen LogP contribution in [-0.4, -0.2) is 49.8 Å². The van der Waals surface area contributed by atoms with Crippen molar-refractivity contribution in [2.24, 2.45) is 0 Å². The number of ether oxygens (including phenoxy) is 1. The van der Waals surface area contributed by atoms with Gasteiger partial charge in [-0.25, -0.2) is 8.42 Å². The van der Waals surface area contributed by atoms with Crippen molar-refractivity contribution in [3.8, 4) is 16.9 Å². The highest BCUT2D eigenvalue weighted by atomic mass is 32.2. The minimum atomic E-state index is -3.42. The maximum atomic E-state index is 12.8. The summed E-state index contributed by atoms with van der Waals surface area (Å²) in [6.45, 7) is 4.09. The fourth-order valence-corrected chi connectivity index (χ4v) is 6.43. The molecule has 0 amide bonds. The molecule has 3 aromatic carbocycles. The zero-order chi connectivity index (χ0) is 29.1. The van der Waals surface area contributed by atoms with Gasteiger partial charge in [0.15, 0.2) is 9.84 Å². The molecule has 7 nitrogen and oxygen atoms in total. The lowest BCUT2D eigenvalue weighted by atomic mass is 10.1. The summed E-state index contributed by atoms with van der Waals surface area (Å²) in [5.74, 6) is -0.189. The van der Waals surface area contributed by atoms with Crippen LogP contribution in [0.4, 0.5) is 5.69 Å². The Morgan fingerprint density at radius 1 is 0.951 bits per heavy atom. The first kappa shape index (κ1) is 30.3. The van der Waals surface area contributed by atoms with E-state index in [9.17, 15) is 18.3 Å². The van der Waals surface area contributed by atoms with Crippen LogP contribution in [0.15, 0.2) is 95.2 Å². The number of carboxylic acid groups (broad SMARTS) is 1. The van der Waals surface area contributed by atoms with Crippen LogP contribution < -0.4 is 10.1 Å². The van der Waals surface area contributed by atoms with E-state index in [2.05, 4.69) is 23.7 Å². The zero-order valence-corrected chi connectivity index (χ0v) is 24.8. The zero-order valence-electron chi connectivity index (χ0n) is 23.2. The quantitative estimate of drug-likeness (QED) is 0.142. The summed E-state index contributed by atoms with van der Waals surface area (Å²) in [7, 11) is -3.42. The molecule has 0 aliphatic heterocycles. The SMILES string of the molecule is CCCCOc1ccc(S(=O)(=O)CCNc2ccc(-c3csc(CN(CC(=O)O)Cc4ccccc4)c3)cc2)cc1. The van der Waals surface area contributed by atoms with E-state index in [1.165, 1.54) is 0 Å². The van der Waals surface area contributed by atoms with E-state index < -0.39 is 15.8 Å². The number of aliphatic carboxylic acids is 1. The van der Waals surface area contributed by atoms with E-state index in [0.717, 1.165) is 40.1 Å². The molecule has 0 saturated heterocycles. The van der Waals surface area contributed by atoms with Crippen molar-refractivity contribution in [3.05, 3.63) is 101 Å². The van der Waals surface area contributed by atoms with Gasteiger partial charge in [-0.2, -0.15) is 0 Å². The lowest BCUT2D eigenvalue weighted by molar-refractivity contribution is -0.138. The average Bonchev–Trinajstić information content (AvgIpc) is 3.42. The number of nitrogens with one attached hydrogen (secondary N) is 1. The predicted octanol–water partition coefficient (Wildman–Crippen LogP) is 6.57. The van der Waals surface area contributed by atoms with E-state index >= 15 is 0 Å². The fraction of sp³-hybridized carbons (Fsp3) is 0.281. The molecule has 1 aromatic heterocycles. The topological polar surface area (TPSA) is 95.9 Å².